The van der Waals surface area contributed by atoms with Crippen LogP contribution in [0.15, 0.2) is 42.5 Å². The number of benzene rings is 2. The SMILES string of the molecule is CC(=O)c1c(C)cc(OCCOc2ccccc2)cc1C. The van der Waals surface area contributed by atoms with E-state index in [1.54, 1.807) is 6.92 Å². The van der Waals surface area contributed by atoms with Crippen molar-refractivity contribution >= 4 is 5.78 Å². The van der Waals surface area contributed by atoms with E-state index in [4.69, 9.17) is 9.47 Å². The van der Waals surface area contributed by atoms with Gasteiger partial charge in [-0.3, -0.25) is 4.79 Å². The molecular weight excluding hydrogens is 264 g/mol. The first-order chi connectivity index (χ1) is 10.1. The molecule has 0 fully saturated rings. The Kier molecular flexibility index (Phi) is 4.99. The Labute approximate surface area is 125 Å². The summed E-state index contributed by atoms with van der Waals surface area (Å²) in [5.41, 5.74) is 2.67. The van der Waals surface area contributed by atoms with Gasteiger partial charge in [-0.15, -0.1) is 0 Å². The molecule has 0 aliphatic heterocycles. The summed E-state index contributed by atoms with van der Waals surface area (Å²) >= 11 is 0. The monoisotopic (exact) mass is 284 g/mol. The number of para-hydroxylation sites is 1. The highest BCUT2D eigenvalue weighted by Crippen LogP contribution is 2.22. The average molecular weight is 284 g/mol. The zero-order valence-corrected chi connectivity index (χ0v) is 12.7. The number of rotatable bonds is 6. The molecule has 0 saturated carbocycles. The lowest BCUT2D eigenvalue weighted by atomic mass is 9.99. The Morgan fingerprint density at radius 2 is 1.43 bits per heavy atom. The van der Waals surface area contributed by atoms with Crippen molar-refractivity contribution in [3.05, 3.63) is 59.2 Å². The summed E-state index contributed by atoms with van der Waals surface area (Å²) in [6.45, 7) is 6.39. The molecule has 2 rings (SSSR count). The van der Waals surface area contributed by atoms with Crippen molar-refractivity contribution in [3.63, 3.8) is 0 Å². The van der Waals surface area contributed by atoms with Crippen molar-refractivity contribution in [2.75, 3.05) is 13.2 Å². The van der Waals surface area contributed by atoms with Crippen LogP contribution in [0.25, 0.3) is 0 Å². The van der Waals surface area contributed by atoms with E-state index in [-0.39, 0.29) is 5.78 Å². The number of hydrogen-bond donors (Lipinski definition) is 0. The molecule has 3 nitrogen and oxygen atoms in total. The van der Waals surface area contributed by atoms with Crippen LogP contribution in [0.3, 0.4) is 0 Å². The van der Waals surface area contributed by atoms with Gasteiger partial charge in [-0.05, 0) is 56.2 Å². The molecule has 0 unspecified atom stereocenters. The quantitative estimate of drug-likeness (QED) is 0.595. The van der Waals surface area contributed by atoms with Crippen molar-refractivity contribution in [1.82, 2.24) is 0 Å². The van der Waals surface area contributed by atoms with Crippen molar-refractivity contribution in [3.8, 4) is 11.5 Å². The van der Waals surface area contributed by atoms with Gasteiger partial charge in [-0.25, -0.2) is 0 Å². The lowest BCUT2D eigenvalue weighted by Gasteiger charge is -2.12. The highest BCUT2D eigenvalue weighted by Gasteiger charge is 2.09. The third-order valence-corrected chi connectivity index (χ3v) is 3.22. The maximum atomic E-state index is 11.6. The lowest BCUT2D eigenvalue weighted by molar-refractivity contribution is 0.101. The Morgan fingerprint density at radius 1 is 0.905 bits per heavy atom. The summed E-state index contributed by atoms with van der Waals surface area (Å²) in [4.78, 5) is 11.6. The maximum Gasteiger partial charge on any atom is 0.160 e. The van der Waals surface area contributed by atoms with Crippen molar-refractivity contribution in [1.29, 1.82) is 0 Å². The van der Waals surface area contributed by atoms with Crippen LogP contribution < -0.4 is 9.47 Å². The summed E-state index contributed by atoms with van der Waals surface area (Å²) in [5, 5.41) is 0. The van der Waals surface area contributed by atoms with E-state index in [0.29, 0.717) is 13.2 Å². The lowest BCUT2D eigenvalue weighted by Crippen LogP contribution is -2.10. The second-order valence-electron chi connectivity index (χ2n) is 5.00. The predicted molar refractivity (Wildman–Crippen MR) is 83.4 cm³/mol. The van der Waals surface area contributed by atoms with Gasteiger partial charge in [0.15, 0.2) is 5.78 Å². The summed E-state index contributed by atoms with van der Waals surface area (Å²) in [6.07, 6.45) is 0. The molecule has 3 heteroatoms. The molecule has 110 valence electrons. The Hall–Kier alpha value is -2.29. The highest BCUT2D eigenvalue weighted by atomic mass is 16.5. The topological polar surface area (TPSA) is 35.5 Å². The van der Waals surface area contributed by atoms with E-state index in [0.717, 1.165) is 28.2 Å². The third kappa shape index (κ3) is 4.09. The van der Waals surface area contributed by atoms with Gasteiger partial charge in [0.05, 0.1) is 0 Å². The zero-order chi connectivity index (χ0) is 15.2. The Balaban J connectivity index is 1.91. The second kappa shape index (κ2) is 6.93. The second-order valence-corrected chi connectivity index (χ2v) is 5.00. The Morgan fingerprint density at radius 3 is 1.95 bits per heavy atom. The van der Waals surface area contributed by atoms with Crippen LogP contribution in [-0.2, 0) is 0 Å². The van der Waals surface area contributed by atoms with E-state index in [1.807, 2.05) is 56.3 Å². The van der Waals surface area contributed by atoms with Crippen LogP contribution in [0.4, 0.5) is 0 Å². The molecule has 0 N–H and O–H groups in total. The number of ketones is 1. The molecule has 0 heterocycles. The molecule has 0 saturated heterocycles. The van der Waals surface area contributed by atoms with E-state index >= 15 is 0 Å². The third-order valence-electron chi connectivity index (χ3n) is 3.22. The van der Waals surface area contributed by atoms with Crippen molar-refractivity contribution in [2.24, 2.45) is 0 Å². The first kappa shape index (κ1) is 15.1. The molecule has 0 aromatic heterocycles. The minimum absolute atomic E-state index is 0.0870. The van der Waals surface area contributed by atoms with Gasteiger partial charge in [0.25, 0.3) is 0 Å². The molecule has 0 spiro atoms. The number of ether oxygens (including phenoxy) is 2. The van der Waals surface area contributed by atoms with E-state index in [1.165, 1.54) is 0 Å². The fourth-order valence-electron chi connectivity index (χ4n) is 2.40. The first-order valence-corrected chi connectivity index (χ1v) is 7.01. The molecule has 2 aromatic carbocycles. The maximum absolute atomic E-state index is 11.6. The standard InChI is InChI=1S/C18H20O3/c1-13-11-17(12-14(2)18(13)15(3)19)21-10-9-20-16-7-5-4-6-8-16/h4-8,11-12H,9-10H2,1-3H3. The minimum atomic E-state index is 0.0870. The molecule has 0 radical (unpaired) electrons. The van der Waals surface area contributed by atoms with Gasteiger partial charge >= 0.3 is 0 Å². The van der Waals surface area contributed by atoms with Crippen LogP contribution in [0.1, 0.15) is 28.4 Å². The van der Waals surface area contributed by atoms with E-state index in [9.17, 15) is 4.79 Å². The van der Waals surface area contributed by atoms with Gasteiger partial charge in [-0.2, -0.15) is 0 Å². The largest absolute Gasteiger partial charge is 0.490 e. The van der Waals surface area contributed by atoms with Gasteiger partial charge < -0.3 is 9.47 Å². The smallest absolute Gasteiger partial charge is 0.160 e. The molecule has 21 heavy (non-hydrogen) atoms. The minimum Gasteiger partial charge on any atom is -0.490 e. The first-order valence-electron chi connectivity index (χ1n) is 7.01. The number of Topliss-reactive ketones (excluding diaryl/α,β-unsaturated/α-hetero) is 1. The summed E-state index contributed by atoms with van der Waals surface area (Å²) in [6, 6.07) is 13.4. The normalized spacial score (nSPS) is 10.2. The van der Waals surface area contributed by atoms with Crippen molar-refractivity contribution < 1.29 is 14.3 Å². The van der Waals surface area contributed by atoms with Gasteiger partial charge in [0, 0.05) is 5.56 Å². The summed E-state index contributed by atoms with van der Waals surface area (Å²) < 4.78 is 11.3. The van der Waals surface area contributed by atoms with E-state index in [2.05, 4.69) is 0 Å². The number of hydrogen-bond acceptors (Lipinski definition) is 3. The number of carbonyl (C=O) groups is 1. The Bertz CT molecular complexity index is 595. The zero-order valence-electron chi connectivity index (χ0n) is 12.7. The molecular formula is C18H20O3. The summed E-state index contributed by atoms with van der Waals surface area (Å²) in [5.74, 6) is 1.69. The molecule has 0 aliphatic rings. The van der Waals surface area contributed by atoms with Gasteiger partial charge in [0.2, 0.25) is 0 Å². The molecule has 0 atom stereocenters. The summed E-state index contributed by atoms with van der Waals surface area (Å²) in [7, 11) is 0. The molecule has 0 aliphatic carbocycles. The van der Waals surface area contributed by atoms with Gasteiger partial charge in [0.1, 0.15) is 24.7 Å². The predicted octanol–water partition coefficient (Wildman–Crippen LogP) is 3.96. The van der Waals surface area contributed by atoms with Crippen LogP contribution in [0.5, 0.6) is 11.5 Å². The average Bonchev–Trinajstić information content (AvgIpc) is 2.43. The molecule has 0 amide bonds. The van der Waals surface area contributed by atoms with Crippen LogP contribution in [0.2, 0.25) is 0 Å². The van der Waals surface area contributed by atoms with Crippen LogP contribution in [0, 0.1) is 13.8 Å². The number of aryl methyl sites for hydroxylation is 2. The van der Waals surface area contributed by atoms with Crippen LogP contribution in [-0.4, -0.2) is 19.0 Å². The van der Waals surface area contributed by atoms with E-state index < -0.39 is 0 Å². The van der Waals surface area contributed by atoms with Gasteiger partial charge in [-0.1, -0.05) is 18.2 Å². The number of carbonyl (C=O) groups excluding carboxylic acids is 1. The van der Waals surface area contributed by atoms with Crippen molar-refractivity contribution in [2.45, 2.75) is 20.8 Å². The highest BCUT2D eigenvalue weighted by molar-refractivity contribution is 5.97. The fraction of sp³-hybridized carbons (Fsp3) is 0.278. The molecule has 0 bridgehead atoms. The molecule has 2 aromatic rings. The fourth-order valence-corrected chi connectivity index (χ4v) is 2.40. The van der Waals surface area contributed by atoms with Crippen LogP contribution >= 0.6 is 0 Å².